The van der Waals surface area contributed by atoms with Crippen LogP contribution >= 0.6 is 0 Å². The monoisotopic (exact) mass is 411 g/mol. The number of hydrogen-bond acceptors (Lipinski definition) is 4. The third-order valence-corrected chi connectivity index (χ3v) is 6.17. The van der Waals surface area contributed by atoms with Crippen molar-refractivity contribution in [2.45, 2.75) is 122 Å². The third kappa shape index (κ3) is 15.7. The lowest BCUT2D eigenvalue weighted by Gasteiger charge is -2.23. The summed E-state index contributed by atoms with van der Waals surface area (Å²) in [6.07, 6.45) is 23.5. The summed E-state index contributed by atoms with van der Waals surface area (Å²) >= 11 is 0. The molecule has 172 valence electrons. The van der Waals surface area contributed by atoms with Crippen LogP contribution in [0.25, 0.3) is 0 Å². The lowest BCUT2D eigenvalue weighted by atomic mass is 10.0. The zero-order valence-electron chi connectivity index (χ0n) is 19.3. The van der Waals surface area contributed by atoms with Gasteiger partial charge >= 0.3 is 6.09 Å². The predicted octanol–water partition coefficient (Wildman–Crippen LogP) is 5.96. The Morgan fingerprint density at radius 2 is 1.34 bits per heavy atom. The fourth-order valence-electron chi connectivity index (χ4n) is 4.36. The molecule has 1 saturated heterocycles. The van der Waals surface area contributed by atoms with Crippen LogP contribution in [0, 0.1) is 0 Å². The Bertz CT molecular complexity index is 379. The SMILES string of the molecule is CCCCCCCCCCCCCCCCCCC1NCCN1CCOC(N)=O. The molecule has 1 atom stereocenters. The summed E-state index contributed by atoms with van der Waals surface area (Å²) in [6.45, 7) is 5.52. The van der Waals surface area contributed by atoms with Gasteiger partial charge in [0.1, 0.15) is 6.61 Å². The van der Waals surface area contributed by atoms with Gasteiger partial charge in [-0.2, -0.15) is 0 Å². The third-order valence-electron chi connectivity index (χ3n) is 6.17. The Balaban J connectivity index is 1.80. The van der Waals surface area contributed by atoms with E-state index >= 15 is 0 Å². The average molecular weight is 412 g/mol. The van der Waals surface area contributed by atoms with Crippen molar-refractivity contribution >= 4 is 6.09 Å². The van der Waals surface area contributed by atoms with Crippen LogP contribution in [-0.4, -0.2) is 43.4 Å². The molecule has 0 bridgehead atoms. The summed E-state index contributed by atoms with van der Waals surface area (Å²) in [5.41, 5.74) is 5.02. The van der Waals surface area contributed by atoms with Gasteiger partial charge in [0.2, 0.25) is 0 Å². The standard InChI is InChI=1S/C24H49N3O2/c1-2-3-4-5-6-7-8-9-10-11-12-13-14-15-16-17-18-23-26-19-20-27(23)21-22-29-24(25)28/h23,26H,2-22H2,1H3,(H2,25,28). The maximum Gasteiger partial charge on any atom is 0.404 e. The fraction of sp³-hybridized carbons (Fsp3) is 0.958. The normalized spacial score (nSPS) is 17.1. The maximum atomic E-state index is 10.7. The van der Waals surface area contributed by atoms with Gasteiger partial charge in [0, 0.05) is 19.6 Å². The van der Waals surface area contributed by atoms with Crippen molar-refractivity contribution in [3.8, 4) is 0 Å². The van der Waals surface area contributed by atoms with Crippen LogP contribution in [0.3, 0.4) is 0 Å². The molecule has 1 heterocycles. The van der Waals surface area contributed by atoms with Crippen LogP contribution in [0.2, 0.25) is 0 Å². The molecule has 0 saturated carbocycles. The molecular weight excluding hydrogens is 362 g/mol. The molecule has 0 aromatic rings. The maximum absolute atomic E-state index is 10.7. The van der Waals surface area contributed by atoms with Gasteiger partial charge < -0.3 is 15.8 Å². The molecule has 29 heavy (non-hydrogen) atoms. The lowest BCUT2D eigenvalue weighted by molar-refractivity contribution is 0.127. The van der Waals surface area contributed by atoms with Gasteiger partial charge in [-0.25, -0.2) is 4.79 Å². The first-order valence-corrected chi connectivity index (χ1v) is 12.6. The van der Waals surface area contributed by atoms with Gasteiger partial charge in [0.05, 0.1) is 6.17 Å². The van der Waals surface area contributed by atoms with Crippen molar-refractivity contribution in [2.24, 2.45) is 5.73 Å². The van der Waals surface area contributed by atoms with Crippen molar-refractivity contribution in [3.63, 3.8) is 0 Å². The molecule has 1 fully saturated rings. The second-order valence-corrected chi connectivity index (χ2v) is 8.77. The second kappa shape index (κ2) is 19.2. The number of nitrogens with two attached hydrogens (primary N) is 1. The Kier molecular flexibility index (Phi) is 17.3. The van der Waals surface area contributed by atoms with Crippen LogP contribution in [0.5, 0.6) is 0 Å². The summed E-state index contributed by atoms with van der Waals surface area (Å²) in [7, 11) is 0. The molecule has 5 heteroatoms. The highest BCUT2D eigenvalue weighted by atomic mass is 16.5. The van der Waals surface area contributed by atoms with Crippen molar-refractivity contribution in [3.05, 3.63) is 0 Å². The average Bonchev–Trinajstić information content (AvgIpc) is 3.14. The molecule has 0 aromatic heterocycles. The highest BCUT2D eigenvalue weighted by molar-refractivity contribution is 5.64. The molecule has 1 amide bonds. The number of primary amides is 1. The summed E-state index contributed by atoms with van der Waals surface area (Å²) in [5, 5.41) is 3.55. The fourth-order valence-corrected chi connectivity index (χ4v) is 4.36. The quantitative estimate of drug-likeness (QED) is 0.242. The molecule has 1 rings (SSSR count). The first-order chi connectivity index (χ1) is 14.2. The van der Waals surface area contributed by atoms with E-state index in [9.17, 15) is 4.79 Å². The number of amides is 1. The van der Waals surface area contributed by atoms with E-state index in [-0.39, 0.29) is 0 Å². The predicted molar refractivity (Wildman–Crippen MR) is 123 cm³/mol. The van der Waals surface area contributed by atoms with Crippen LogP contribution in [0.15, 0.2) is 0 Å². The molecule has 1 aliphatic rings. The zero-order chi connectivity index (χ0) is 21.0. The molecular formula is C24H49N3O2. The van der Waals surface area contributed by atoms with E-state index in [1.807, 2.05) is 0 Å². The number of hydrogen-bond donors (Lipinski definition) is 2. The minimum atomic E-state index is -0.675. The first kappa shape index (κ1) is 26.2. The first-order valence-electron chi connectivity index (χ1n) is 12.6. The van der Waals surface area contributed by atoms with E-state index in [0.717, 1.165) is 19.6 Å². The summed E-state index contributed by atoms with van der Waals surface area (Å²) < 4.78 is 4.86. The van der Waals surface area contributed by atoms with Crippen molar-refractivity contribution < 1.29 is 9.53 Å². The van der Waals surface area contributed by atoms with Gasteiger partial charge in [-0.15, -0.1) is 0 Å². The second-order valence-electron chi connectivity index (χ2n) is 8.77. The Morgan fingerprint density at radius 1 is 0.862 bits per heavy atom. The highest BCUT2D eigenvalue weighted by Crippen LogP contribution is 2.15. The summed E-state index contributed by atoms with van der Waals surface area (Å²) in [6, 6.07) is 0. The highest BCUT2D eigenvalue weighted by Gasteiger charge is 2.22. The van der Waals surface area contributed by atoms with Crippen molar-refractivity contribution in [1.82, 2.24) is 10.2 Å². The van der Waals surface area contributed by atoms with E-state index < -0.39 is 6.09 Å². The van der Waals surface area contributed by atoms with E-state index in [0.29, 0.717) is 12.8 Å². The zero-order valence-corrected chi connectivity index (χ0v) is 19.3. The minimum absolute atomic E-state index is 0.395. The summed E-state index contributed by atoms with van der Waals surface area (Å²) in [5.74, 6) is 0. The van der Waals surface area contributed by atoms with E-state index in [1.54, 1.807) is 0 Å². The van der Waals surface area contributed by atoms with Gasteiger partial charge in [-0.1, -0.05) is 110 Å². The molecule has 5 nitrogen and oxygen atoms in total. The van der Waals surface area contributed by atoms with Gasteiger partial charge in [0.25, 0.3) is 0 Å². The molecule has 1 aliphatic heterocycles. The lowest BCUT2D eigenvalue weighted by Crippen LogP contribution is -2.38. The van der Waals surface area contributed by atoms with Crippen molar-refractivity contribution in [1.29, 1.82) is 0 Å². The van der Waals surface area contributed by atoms with Crippen LogP contribution in [0.4, 0.5) is 4.79 Å². The number of carbonyl (C=O) groups is 1. The van der Waals surface area contributed by atoms with Crippen molar-refractivity contribution in [2.75, 3.05) is 26.2 Å². The van der Waals surface area contributed by atoms with E-state index in [4.69, 9.17) is 10.5 Å². The van der Waals surface area contributed by atoms with E-state index in [2.05, 4.69) is 17.1 Å². The number of rotatable bonds is 20. The van der Waals surface area contributed by atoms with Gasteiger partial charge in [0.15, 0.2) is 0 Å². The van der Waals surface area contributed by atoms with E-state index in [1.165, 1.54) is 109 Å². The summed E-state index contributed by atoms with van der Waals surface area (Å²) in [4.78, 5) is 13.0. The Labute approximate surface area is 180 Å². The number of carbonyl (C=O) groups excluding carboxylic acids is 1. The number of ether oxygens (including phenoxy) is 1. The molecule has 0 radical (unpaired) electrons. The number of nitrogens with zero attached hydrogens (tertiary/aromatic N) is 1. The number of unbranched alkanes of at least 4 members (excludes halogenated alkanes) is 15. The molecule has 3 N–H and O–H groups in total. The van der Waals surface area contributed by atoms with Gasteiger partial charge in [-0.05, 0) is 6.42 Å². The number of nitrogens with one attached hydrogen (secondary N) is 1. The van der Waals surface area contributed by atoms with Gasteiger partial charge in [-0.3, -0.25) is 4.90 Å². The minimum Gasteiger partial charge on any atom is -0.448 e. The Hall–Kier alpha value is -0.810. The molecule has 0 aliphatic carbocycles. The van der Waals surface area contributed by atoms with Crippen LogP contribution in [0.1, 0.15) is 116 Å². The smallest absolute Gasteiger partial charge is 0.404 e. The molecule has 1 unspecified atom stereocenters. The molecule has 0 aromatic carbocycles. The van der Waals surface area contributed by atoms with Crippen LogP contribution < -0.4 is 11.1 Å². The molecule has 0 spiro atoms. The largest absolute Gasteiger partial charge is 0.448 e. The topological polar surface area (TPSA) is 67.6 Å². The van der Waals surface area contributed by atoms with Crippen LogP contribution in [-0.2, 0) is 4.74 Å². The Morgan fingerprint density at radius 3 is 1.83 bits per heavy atom.